The molecule has 0 radical (unpaired) electrons. The Kier molecular flexibility index (Phi) is 16.2. The van der Waals surface area contributed by atoms with Gasteiger partial charge in [0.2, 0.25) is 0 Å². The van der Waals surface area contributed by atoms with Crippen molar-refractivity contribution in [1.82, 2.24) is 10.6 Å². The topological polar surface area (TPSA) is 271 Å². The fourth-order valence-corrected chi connectivity index (χ4v) is 12.4. The van der Waals surface area contributed by atoms with Crippen LogP contribution in [0.15, 0.2) is 145 Å². The Hall–Kier alpha value is -8.08. The fourth-order valence-electron chi connectivity index (χ4n) is 12.4. The van der Waals surface area contributed by atoms with Gasteiger partial charge in [0.25, 0.3) is 11.8 Å². The Labute approximate surface area is 468 Å². The van der Waals surface area contributed by atoms with E-state index in [0.717, 1.165) is 6.92 Å². The van der Waals surface area contributed by atoms with Gasteiger partial charge < -0.3 is 54.7 Å². The van der Waals surface area contributed by atoms with Gasteiger partial charge in [0, 0.05) is 30.7 Å². The molecule has 9 rings (SSSR count). The third-order valence-electron chi connectivity index (χ3n) is 16.7. The van der Waals surface area contributed by atoms with E-state index in [2.05, 4.69) is 10.6 Å². The third-order valence-corrected chi connectivity index (χ3v) is 16.7. The number of rotatable bonds is 15. The summed E-state index contributed by atoms with van der Waals surface area (Å²) in [5, 5.41) is 55.7. The Morgan fingerprint density at radius 3 is 1.72 bits per heavy atom. The van der Waals surface area contributed by atoms with Crippen LogP contribution in [0, 0.1) is 34.2 Å². The van der Waals surface area contributed by atoms with Crippen molar-refractivity contribution < 1.29 is 90.8 Å². The number of ether oxygens (including phenoxy) is 5. The molecule has 1 heterocycles. The number of carbonyl (C=O) groups is 7. The molecular formula is C61H59F3N2O16. The normalized spacial score (nSPS) is 27.6. The van der Waals surface area contributed by atoms with Gasteiger partial charge >= 0.3 is 23.9 Å². The van der Waals surface area contributed by atoms with Crippen LogP contribution in [0.25, 0.3) is 0 Å². The molecule has 2 amide bonds. The first-order valence-corrected chi connectivity index (χ1v) is 26.3. The zero-order chi connectivity index (χ0) is 59.2. The second-order valence-corrected chi connectivity index (χ2v) is 21.7. The lowest BCUT2D eigenvalue weighted by Gasteiger charge is -2.67. The Bertz CT molecular complexity index is 3330. The molecule has 0 spiro atoms. The quantitative estimate of drug-likeness (QED) is 0.0319. The lowest BCUT2D eigenvalue weighted by atomic mass is 9.44. The lowest BCUT2D eigenvalue weighted by Crippen LogP contribution is -2.82. The molecule has 82 heavy (non-hydrogen) atoms. The SMILES string of the molecule is CC(=O)O[C@@]12CO[C@@H]1C[C@H](OC(=O)C(O)C(NC(=O)c1ccc(F)c(F)c1F)c1ccccc1)[C@@]1(C)C(=O)[C@H](O)C3=C(C)[C@@H](OC(=O)[C@H](O)[C@@H](NC(=O)c4ccccc4)c4ccccc4)C[C@@](O)(C(OC(=O)c4ccccc4)C12)C3(C)C. The molecule has 2 bridgehead atoms. The maximum absolute atomic E-state index is 16.0. The minimum absolute atomic E-state index is 0.00547. The van der Waals surface area contributed by atoms with Crippen LogP contribution in [-0.2, 0) is 42.9 Å². The van der Waals surface area contributed by atoms with Crippen molar-refractivity contribution in [3.63, 3.8) is 0 Å². The first-order valence-electron chi connectivity index (χ1n) is 26.3. The van der Waals surface area contributed by atoms with E-state index < -0.39 is 167 Å². The van der Waals surface area contributed by atoms with E-state index in [1.54, 1.807) is 60.7 Å². The molecule has 0 aromatic heterocycles. The fraction of sp³-hybridized carbons (Fsp3) is 0.361. The number of Topliss-reactive ketones (excluding diaryl/α,β-unsaturated/α-hetero) is 1. The largest absolute Gasteiger partial charge is 0.459 e. The van der Waals surface area contributed by atoms with Crippen molar-refractivity contribution in [2.24, 2.45) is 16.7 Å². The molecule has 5 aromatic carbocycles. The molecule has 5 aromatic rings. The van der Waals surface area contributed by atoms with Crippen LogP contribution in [-0.4, -0.2) is 122 Å². The summed E-state index contributed by atoms with van der Waals surface area (Å²) in [4.78, 5) is 101. The average molecular weight is 1130 g/mol. The van der Waals surface area contributed by atoms with E-state index in [1.165, 1.54) is 88.4 Å². The summed E-state index contributed by atoms with van der Waals surface area (Å²) in [6.07, 6.45) is -15.2. The molecule has 21 heteroatoms. The summed E-state index contributed by atoms with van der Waals surface area (Å²) in [7, 11) is 0. The van der Waals surface area contributed by atoms with Crippen LogP contribution < -0.4 is 10.6 Å². The minimum Gasteiger partial charge on any atom is -0.459 e. The zero-order valence-electron chi connectivity index (χ0n) is 44.9. The van der Waals surface area contributed by atoms with Crippen molar-refractivity contribution in [2.45, 2.75) is 113 Å². The molecule has 4 aliphatic rings. The number of aliphatic hydroxyl groups is 4. The first kappa shape index (κ1) is 58.6. The smallest absolute Gasteiger partial charge is 0.338 e. The molecule has 2 saturated carbocycles. The van der Waals surface area contributed by atoms with Crippen molar-refractivity contribution in [1.29, 1.82) is 0 Å². The zero-order valence-corrected chi connectivity index (χ0v) is 44.9. The number of fused-ring (bicyclic) bond motifs is 5. The molecule has 1 saturated heterocycles. The van der Waals surface area contributed by atoms with Crippen LogP contribution in [0.1, 0.15) is 102 Å². The average Bonchev–Trinajstić information content (AvgIpc) is 0.722. The summed E-state index contributed by atoms with van der Waals surface area (Å²) in [5.41, 5.74) is -9.84. The summed E-state index contributed by atoms with van der Waals surface area (Å²) in [6.45, 7) is 6.05. The van der Waals surface area contributed by atoms with Gasteiger partial charge in [0.15, 0.2) is 41.0 Å². The molecule has 3 aliphatic carbocycles. The Balaban J connectivity index is 1.15. The molecule has 3 fully saturated rings. The predicted octanol–water partition coefficient (Wildman–Crippen LogP) is 5.67. The highest BCUT2D eigenvalue weighted by molar-refractivity contribution is 5.97. The van der Waals surface area contributed by atoms with Crippen molar-refractivity contribution in [3.8, 4) is 0 Å². The third kappa shape index (κ3) is 10.2. The van der Waals surface area contributed by atoms with E-state index in [4.69, 9.17) is 23.7 Å². The number of amides is 2. The molecule has 18 nitrogen and oxygen atoms in total. The van der Waals surface area contributed by atoms with Gasteiger partial charge in [-0.25, -0.2) is 27.6 Å². The molecular weight excluding hydrogens is 1070 g/mol. The van der Waals surface area contributed by atoms with Crippen LogP contribution in [0.4, 0.5) is 13.2 Å². The van der Waals surface area contributed by atoms with Crippen molar-refractivity contribution in [3.05, 3.63) is 190 Å². The second-order valence-electron chi connectivity index (χ2n) is 21.7. The minimum atomic E-state index is -2.63. The van der Waals surface area contributed by atoms with Gasteiger partial charge in [0.1, 0.15) is 36.1 Å². The van der Waals surface area contributed by atoms with E-state index in [9.17, 15) is 58.0 Å². The van der Waals surface area contributed by atoms with Gasteiger partial charge in [-0.05, 0) is 72.5 Å². The summed E-state index contributed by atoms with van der Waals surface area (Å²) >= 11 is 0. The molecule has 13 atom stereocenters. The molecule has 1 aliphatic heterocycles. The van der Waals surface area contributed by atoms with Gasteiger partial charge in [-0.3, -0.25) is 19.2 Å². The van der Waals surface area contributed by atoms with Gasteiger partial charge in [0.05, 0.1) is 41.2 Å². The highest BCUT2D eigenvalue weighted by Crippen LogP contribution is 2.64. The summed E-state index contributed by atoms with van der Waals surface area (Å²) < 4.78 is 74.3. The Morgan fingerprint density at radius 1 is 0.683 bits per heavy atom. The standard InChI is InChI=1S/C61H59F3N2O16/c1-31-39(79-56(75)48(69)45(33-18-10-6-11-19-33)65-53(72)35-22-14-8-15-23-35)29-61(77)52(81-55(74)36-24-16-9-17-25-36)50-59(5,51(71)47(68)42(31)58(61,3)4)40(28-41-60(50,30-78-41)82-32(2)67)80-57(76)49(70)46(34-20-12-7-13-21-34)66-54(73)37-26-27-38(62)44(64)43(37)63/h6-27,39-41,45-50,52,68-70,77H,28-30H2,1-5H3,(H,65,72)(H,66,73)/t39-,40-,41+,45-,46?,47+,48+,49?,50?,52?,59+,60-,61+/m0/s1. The van der Waals surface area contributed by atoms with Crippen LogP contribution in [0.2, 0.25) is 0 Å². The van der Waals surface area contributed by atoms with E-state index in [-0.39, 0.29) is 27.8 Å². The maximum Gasteiger partial charge on any atom is 0.338 e. The van der Waals surface area contributed by atoms with Gasteiger partial charge in [-0.15, -0.1) is 0 Å². The molecule has 4 unspecified atom stereocenters. The van der Waals surface area contributed by atoms with Gasteiger partial charge in [-0.1, -0.05) is 111 Å². The summed E-state index contributed by atoms with van der Waals surface area (Å²) in [6, 6.07) is 28.5. The Morgan fingerprint density at radius 2 is 1.20 bits per heavy atom. The predicted molar refractivity (Wildman–Crippen MR) is 281 cm³/mol. The number of halogens is 3. The van der Waals surface area contributed by atoms with E-state index in [1.807, 2.05) is 0 Å². The first-order chi connectivity index (χ1) is 38.9. The molecule has 6 N–H and O–H groups in total. The van der Waals surface area contributed by atoms with E-state index in [0.29, 0.717) is 17.7 Å². The number of esters is 4. The number of hydrogen-bond donors (Lipinski definition) is 6. The maximum atomic E-state index is 16.0. The van der Waals surface area contributed by atoms with Crippen molar-refractivity contribution >= 4 is 41.5 Å². The van der Waals surface area contributed by atoms with Gasteiger partial charge in [-0.2, -0.15) is 0 Å². The number of ketones is 1. The second kappa shape index (κ2) is 22.7. The van der Waals surface area contributed by atoms with E-state index >= 15 is 9.18 Å². The number of nitrogens with one attached hydrogen (secondary N) is 2. The number of carbonyl (C=O) groups excluding carboxylic acids is 7. The van der Waals surface area contributed by atoms with Crippen LogP contribution >= 0.6 is 0 Å². The number of aliphatic hydroxyl groups excluding tert-OH is 3. The van der Waals surface area contributed by atoms with Crippen LogP contribution in [0.5, 0.6) is 0 Å². The monoisotopic (exact) mass is 1130 g/mol. The summed E-state index contributed by atoms with van der Waals surface area (Å²) in [5.74, 6) is -15.5. The number of benzene rings is 5. The molecule has 430 valence electrons. The highest BCUT2D eigenvalue weighted by atomic mass is 19.2. The lowest BCUT2D eigenvalue weighted by molar-refractivity contribution is -0.346. The number of hydrogen-bond acceptors (Lipinski definition) is 16. The highest BCUT2D eigenvalue weighted by Gasteiger charge is 2.79. The van der Waals surface area contributed by atoms with Crippen molar-refractivity contribution in [2.75, 3.05) is 6.61 Å². The van der Waals surface area contributed by atoms with Crippen LogP contribution in [0.3, 0.4) is 0 Å².